The summed E-state index contributed by atoms with van der Waals surface area (Å²) in [6, 6.07) is 10.3. The van der Waals surface area contributed by atoms with Gasteiger partial charge in [0, 0.05) is 19.5 Å². The highest BCUT2D eigenvalue weighted by Crippen LogP contribution is 2.27. The van der Waals surface area contributed by atoms with Crippen LogP contribution in [-0.2, 0) is 16.0 Å². The Morgan fingerprint density at radius 2 is 2.08 bits per heavy atom. The molecule has 0 radical (unpaired) electrons. The standard InChI is InChI=1S/C18H22N4O2S/c1-13-20-21-18(25-13)22-12-15(11-16(22)23)17(24)19-10-6-5-9-14-7-3-2-4-8-14/h2-4,7-8,15H,5-6,9-12H2,1H3,(H,19,24). The average Bonchev–Trinajstić information content (AvgIpc) is 3.21. The first-order chi connectivity index (χ1) is 12.1. The number of amides is 2. The molecule has 6 nitrogen and oxygen atoms in total. The molecule has 1 aliphatic heterocycles. The maximum Gasteiger partial charge on any atom is 0.229 e. The molecule has 1 aliphatic rings. The highest BCUT2D eigenvalue weighted by molar-refractivity contribution is 7.15. The number of nitrogens with one attached hydrogen (secondary N) is 1. The van der Waals surface area contributed by atoms with Gasteiger partial charge >= 0.3 is 0 Å². The lowest BCUT2D eigenvalue weighted by molar-refractivity contribution is -0.126. The van der Waals surface area contributed by atoms with E-state index in [1.165, 1.54) is 16.9 Å². The summed E-state index contributed by atoms with van der Waals surface area (Å²) in [5.41, 5.74) is 1.32. The smallest absolute Gasteiger partial charge is 0.229 e. The van der Waals surface area contributed by atoms with Crippen LogP contribution < -0.4 is 10.2 Å². The van der Waals surface area contributed by atoms with Gasteiger partial charge < -0.3 is 5.32 Å². The van der Waals surface area contributed by atoms with Crippen molar-refractivity contribution in [3.05, 3.63) is 40.9 Å². The quantitative estimate of drug-likeness (QED) is 0.771. The van der Waals surface area contributed by atoms with E-state index in [-0.39, 0.29) is 24.2 Å². The minimum Gasteiger partial charge on any atom is -0.356 e. The van der Waals surface area contributed by atoms with Gasteiger partial charge in [-0.1, -0.05) is 41.7 Å². The molecule has 1 N–H and O–H groups in total. The Morgan fingerprint density at radius 3 is 2.80 bits per heavy atom. The maximum atomic E-state index is 12.3. The van der Waals surface area contributed by atoms with Crippen molar-refractivity contribution in [1.29, 1.82) is 0 Å². The molecule has 2 aromatic rings. The van der Waals surface area contributed by atoms with Gasteiger partial charge in [0.15, 0.2) is 0 Å². The van der Waals surface area contributed by atoms with E-state index in [2.05, 4.69) is 27.6 Å². The van der Waals surface area contributed by atoms with Gasteiger partial charge in [-0.15, -0.1) is 10.2 Å². The predicted molar refractivity (Wildman–Crippen MR) is 97.5 cm³/mol. The zero-order chi connectivity index (χ0) is 17.6. The van der Waals surface area contributed by atoms with E-state index in [0.717, 1.165) is 24.3 Å². The number of hydrogen-bond acceptors (Lipinski definition) is 5. The number of nitrogens with zero attached hydrogens (tertiary/aromatic N) is 3. The Hall–Kier alpha value is -2.28. The molecular formula is C18H22N4O2S. The summed E-state index contributed by atoms with van der Waals surface area (Å²) >= 11 is 1.38. The zero-order valence-electron chi connectivity index (χ0n) is 14.3. The second-order valence-electron chi connectivity index (χ2n) is 6.24. The molecule has 2 amide bonds. The molecule has 0 aliphatic carbocycles. The first kappa shape index (κ1) is 17.5. The van der Waals surface area contributed by atoms with Crippen LogP contribution >= 0.6 is 11.3 Å². The van der Waals surface area contributed by atoms with Crippen LogP contribution in [0.1, 0.15) is 29.8 Å². The number of carbonyl (C=O) groups is 2. The number of unbranched alkanes of at least 4 members (excludes halogenated alkanes) is 1. The van der Waals surface area contributed by atoms with Gasteiger partial charge in [-0.3, -0.25) is 14.5 Å². The van der Waals surface area contributed by atoms with Crippen molar-refractivity contribution >= 4 is 28.3 Å². The zero-order valence-corrected chi connectivity index (χ0v) is 15.1. The first-order valence-electron chi connectivity index (χ1n) is 8.55. The molecule has 1 atom stereocenters. The Bertz CT molecular complexity index is 732. The Labute approximate surface area is 151 Å². The Kier molecular flexibility index (Phi) is 5.75. The minimum absolute atomic E-state index is 0.0446. The van der Waals surface area contributed by atoms with E-state index in [4.69, 9.17) is 0 Å². The van der Waals surface area contributed by atoms with E-state index in [0.29, 0.717) is 18.2 Å². The molecule has 1 aromatic carbocycles. The second kappa shape index (κ2) is 8.20. The summed E-state index contributed by atoms with van der Waals surface area (Å²) < 4.78 is 0. The molecule has 7 heteroatoms. The number of rotatable bonds is 7. The van der Waals surface area contributed by atoms with Gasteiger partial charge in [0.05, 0.1) is 5.92 Å². The summed E-state index contributed by atoms with van der Waals surface area (Å²) in [6.07, 6.45) is 3.22. The van der Waals surface area contributed by atoms with E-state index in [9.17, 15) is 9.59 Å². The van der Waals surface area contributed by atoms with Crippen LogP contribution in [0.2, 0.25) is 0 Å². The minimum atomic E-state index is -0.300. The van der Waals surface area contributed by atoms with Gasteiger partial charge in [-0.25, -0.2) is 0 Å². The van der Waals surface area contributed by atoms with E-state index in [1.807, 2.05) is 25.1 Å². The Morgan fingerprint density at radius 1 is 1.28 bits per heavy atom. The molecule has 1 fully saturated rings. The van der Waals surface area contributed by atoms with Crippen LogP contribution in [0, 0.1) is 12.8 Å². The van der Waals surface area contributed by atoms with Gasteiger partial charge in [0.2, 0.25) is 16.9 Å². The molecule has 1 saturated heterocycles. The van der Waals surface area contributed by atoms with Gasteiger partial charge in [0.25, 0.3) is 0 Å². The molecule has 0 saturated carbocycles. The summed E-state index contributed by atoms with van der Waals surface area (Å²) in [6.45, 7) is 2.89. The highest BCUT2D eigenvalue weighted by Gasteiger charge is 2.36. The summed E-state index contributed by atoms with van der Waals surface area (Å²) in [7, 11) is 0. The molecular weight excluding hydrogens is 336 g/mol. The lowest BCUT2D eigenvalue weighted by atomic mass is 10.1. The maximum absolute atomic E-state index is 12.3. The number of aryl methyl sites for hydroxylation is 2. The predicted octanol–water partition coefficient (Wildman–Crippen LogP) is 2.34. The van der Waals surface area contributed by atoms with Crippen LogP contribution in [0.15, 0.2) is 30.3 Å². The summed E-state index contributed by atoms with van der Waals surface area (Å²) in [5, 5.41) is 12.3. The number of anilines is 1. The number of aromatic nitrogens is 2. The van der Waals surface area contributed by atoms with Crippen molar-refractivity contribution < 1.29 is 9.59 Å². The largest absolute Gasteiger partial charge is 0.356 e. The van der Waals surface area contributed by atoms with Crippen LogP contribution in [0.25, 0.3) is 0 Å². The van der Waals surface area contributed by atoms with Gasteiger partial charge in [-0.05, 0) is 31.7 Å². The topological polar surface area (TPSA) is 75.2 Å². The fourth-order valence-corrected chi connectivity index (χ4v) is 3.63. The van der Waals surface area contributed by atoms with E-state index < -0.39 is 0 Å². The summed E-state index contributed by atoms with van der Waals surface area (Å²) in [4.78, 5) is 26.0. The number of benzene rings is 1. The van der Waals surface area contributed by atoms with Crippen LogP contribution in [0.5, 0.6) is 0 Å². The van der Waals surface area contributed by atoms with Gasteiger partial charge in [0.1, 0.15) is 5.01 Å². The molecule has 0 spiro atoms. The normalized spacial score (nSPS) is 17.1. The molecule has 3 rings (SSSR count). The number of hydrogen-bond donors (Lipinski definition) is 1. The molecule has 2 heterocycles. The third-order valence-corrected chi connectivity index (χ3v) is 5.14. The third-order valence-electron chi connectivity index (χ3n) is 4.28. The van der Waals surface area contributed by atoms with Crippen molar-refractivity contribution in [1.82, 2.24) is 15.5 Å². The summed E-state index contributed by atoms with van der Waals surface area (Å²) in [5.74, 6) is -0.400. The van der Waals surface area contributed by atoms with Crippen LogP contribution in [-0.4, -0.2) is 35.1 Å². The first-order valence-corrected chi connectivity index (χ1v) is 9.37. The monoisotopic (exact) mass is 358 g/mol. The number of carbonyl (C=O) groups excluding carboxylic acids is 2. The van der Waals surface area contributed by atoms with Crippen molar-refractivity contribution in [2.75, 3.05) is 18.0 Å². The lowest BCUT2D eigenvalue weighted by Gasteiger charge is -2.12. The Balaban J connectivity index is 1.39. The lowest BCUT2D eigenvalue weighted by Crippen LogP contribution is -2.33. The fourth-order valence-electron chi connectivity index (χ4n) is 2.92. The molecule has 0 bridgehead atoms. The van der Waals surface area contributed by atoms with Crippen molar-refractivity contribution in [3.8, 4) is 0 Å². The fraction of sp³-hybridized carbons (Fsp3) is 0.444. The van der Waals surface area contributed by atoms with Crippen molar-refractivity contribution in [2.24, 2.45) is 5.92 Å². The SMILES string of the molecule is Cc1nnc(N2CC(C(=O)NCCCCc3ccccc3)CC2=O)s1. The molecule has 25 heavy (non-hydrogen) atoms. The van der Waals surface area contributed by atoms with E-state index in [1.54, 1.807) is 4.90 Å². The van der Waals surface area contributed by atoms with E-state index >= 15 is 0 Å². The van der Waals surface area contributed by atoms with Gasteiger partial charge in [-0.2, -0.15) is 0 Å². The third kappa shape index (κ3) is 4.63. The average molecular weight is 358 g/mol. The molecule has 1 unspecified atom stereocenters. The van der Waals surface area contributed by atoms with Crippen molar-refractivity contribution in [2.45, 2.75) is 32.6 Å². The van der Waals surface area contributed by atoms with Crippen molar-refractivity contribution in [3.63, 3.8) is 0 Å². The van der Waals surface area contributed by atoms with Crippen LogP contribution in [0.3, 0.4) is 0 Å². The molecule has 1 aromatic heterocycles. The second-order valence-corrected chi connectivity index (χ2v) is 7.40. The van der Waals surface area contributed by atoms with Crippen LogP contribution in [0.4, 0.5) is 5.13 Å². The molecule has 132 valence electrons. The highest BCUT2D eigenvalue weighted by atomic mass is 32.1.